The maximum absolute atomic E-state index is 8.89. The van der Waals surface area contributed by atoms with Crippen LogP contribution >= 0.6 is 0 Å². The van der Waals surface area contributed by atoms with E-state index in [9.17, 15) is 0 Å². The molecule has 0 atom stereocenters. The van der Waals surface area contributed by atoms with Crippen LogP contribution in [0, 0.1) is 18.3 Å². The standard InChI is InChI=1S/C20H19N5/c1-3-25(18-7-5-4-6-8-18)19-13-15(2)22-20(24-19)23-17-11-9-16(14-21)10-12-17/h4-13H,3H2,1-2H3,(H,22,23,24). The topological polar surface area (TPSA) is 64.8 Å². The number of nitriles is 1. The molecule has 0 aliphatic heterocycles. The van der Waals surface area contributed by atoms with Crippen LogP contribution in [0.25, 0.3) is 0 Å². The highest BCUT2D eigenvalue weighted by Crippen LogP contribution is 2.25. The zero-order valence-electron chi connectivity index (χ0n) is 14.3. The summed E-state index contributed by atoms with van der Waals surface area (Å²) in [6.07, 6.45) is 0. The second kappa shape index (κ2) is 7.45. The third kappa shape index (κ3) is 3.93. The van der Waals surface area contributed by atoms with Gasteiger partial charge in [-0.1, -0.05) is 18.2 Å². The Labute approximate surface area is 147 Å². The summed E-state index contributed by atoms with van der Waals surface area (Å²) in [7, 11) is 0. The Morgan fingerprint density at radius 3 is 2.40 bits per heavy atom. The van der Waals surface area contributed by atoms with Crippen LogP contribution in [-0.2, 0) is 0 Å². The third-order valence-corrected chi connectivity index (χ3v) is 3.77. The van der Waals surface area contributed by atoms with Gasteiger partial charge in [0.2, 0.25) is 5.95 Å². The van der Waals surface area contributed by atoms with Crippen molar-refractivity contribution in [1.29, 1.82) is 5.26 Å². The van der Waals surface area contributed by atoms with Crippen LogP contribution in [0.5, 0.6) is 0 Å². The van der Waals surface area contributed by atoms with E-state index >= 15 is 0 Å². The first-order valence-corrected chi connectivity index (χ1v) is 8.15. The Balaban J connectivity index is 1.90. The van der Waals surface area contributed by atoms with Crippen molar-refractivity contribution in [2.75, 3.05) is 16.8 Å². The number of hydrogen-bond acceptors (Lipinski definition) is 5. The van der Waals surface area contributed by atoms with E-state index in [1.54, 1.807) is 12.1 Å². The van der Waals surface area contributed by atoms with E-state index in [0.717, 1.165) is 29.4 Å². The van der Waals surface area contributed by atoms with E-state index in [-0.39, 0.29) is 0 Å². The van der Waals surface area contributed by atoms with Crippen molar-refractivity contribution in [3.05, 3.63) is 71.9 Å². The lowest BCUT2D eigenvalue weighted by atomic mass is 10.2. The lowest BCUT2D eigenvalue weighted by Gasteiger charge is -2.23. The highest BCUT2D eigenvalue weighted by molar-refractivity contribution is 5.63. The summed E-state index contributed by atoms with van der Waals surface area (Å²) in [4.78, 5) is 11.3. The van der Waals surface area contributed by atoms with E-state index < -0.39 is 0 Å². The van der Waals surface area contributed by atoms with Crippen molar-refractivity contribution in [2.45, 2.75) is 13.8 Å². The Morgan fingerprint density at radius 1 is 1.04 bits per heavy atom. The Bertz CT molecular complexity index is 882. The van der Waals surface area contributed by atoms with Gasteiger partial charge in [0.15, 0.2) is 0 Å². The molecule has 0 saturated carbocycles. The molecule has 3 aromatic rings. The van der Waals surface area contributed by atoms with Gasteiger partial charge in [-0.05, 0) is 50.2 Å². The van der Waals surface area contributed by atoms with Gasteiger partial charge in [0.25, 0.3) is 0 Å². The molecule has 0 spiro atoms. The number of benzene rings is 2. The summed E-state index contributed by atoms with van der Waals surface area (Å²) in [5.41, 5.74) is 3.44. The highest BCUT2D eigenvalue weighted by atomic mass is 15.2. The molecular formula is C20H19N5. The lowest BCUT2D eigenvalue weighted by molar-refractivity contribution is 0.969. The second-order valence-corrected chi connectivity index (χ2v) is 5.59. The first-order valence-electron chi connectivity index (χ1n) is 8.15. The van der Waals surface area contributed by atoms with Crippen LogP contribution in [-0.4, -0.2) is 16.5 Å². The SMILES string of the molecule is CCN(c1ccccc1)c1cc(C)nc(Nc2ccc(C#N)cc2)n1. The Morgan fingerprint density at radius 2 is 1.76 bits per heavy atom. The summed E-state index contributed by atoms with van der Waals surface area (Å²) in [5.74, 6) is 1.38. The molecule has 0 aliphatic carbocycles. The number of nitrogens with zero attached hydrogens (tertiary/aromatic N) is 4. The van der Waals surface area contributed by atoms with E-state index in [2.05, 4.69) is 45.3 Å². The molecule has 5 heteroatoms. The van der Waals surface area contributed by atoms with E-state index in [1.165, 1.54) is 0 Å². The summed E-state index contributed by atoms with van der Waals surface area (Å²) >= 11 is 0. The van der Waals surface area contributed by atoms with E-state index in [1.807, 2.05) is 43.3 Å². The zero-order chi connectivity index (χ0) is 17.6. The van der Waals surface area contributed by atoms with Gasteiger partial charge >= 0.3 is 0 Å². The Hall–Kier alpha value is -3.39. The van der Waals surface area contributed by atoms with Crippen molar-refractivity contribution in [2.24, 2.45) is 0 Å². The first-order chi connectivity index (χ1) is 12.2. The number of hydrogen-bond donors (Lipinski definition) is 1. The summed E-state index contributed by atoms with van der Waals surface area (Å²) in [5, 5.41) is 12.1. The minimum atomic E-state index is 0.536. The molecule has 3 rings (SSSR count). The largest absolute Gasteiger partial charge is 0.326 e. The molecule has 0 amide bonds. The van der Waals surface area contributed by atoms with Crippen LogP contribution in [0.2, 0.25) is 0 Å². The number of anilines is 4. The molecule has 124 valence electrons. The van der Waals surface area contributed by atoms with Crippen LogP contribution in [0.4, 0.5) is 23.1 Å². The van der Waals surface area contributed by atoms with Crippen LogP contribution in [0.3, 0.4) is 0 Å². The van der Waals surface area contributed by atoms with Gasteiger partial charge < -0.3 is 10.2 Å². The number of nitrogens with one attached hydrogen (secondary N) is 1. The van der Waals surface area contributed by atoms with Crippen molar-refractivity contribution < 1.29 is 0 Å². The van der Waals surface area contributed by atoms with Gasteiger partial charge in [0, 0.05) is 29.7 Å². The molecular weight excluding hydrogens is 310 g/mol. The van der Waals surface area contributed by atoms with Gasteiger partial charge in [0.05, 0.1) is 11.6 Å². The predicted octanol–water partition coefficient (Wildman–Crippen LogP) is 4.56. The lowest BCUT2D eigenvalue weighted by Crippen LogP contribution is -2.18. The fourth-order valence-electron chi connectivity index (χ4n) is 2.59. The van der Waals surface area contributed by atoms with Crippen molar-refractivity contribution in [3.63, 3.8) is 0 Å². The molecule has 0 bridgehead atoms. The molecule has 0 fully saturated rings. The molecule has 1 N–H and O–H groups in total. The number of rotatable bonds is 5. The molecule has 1 heterocycles. The van der Waals surface area contributed by atoms with E-state index in [0.29, 0.717) is 11.5 Å². The minimum absolute atomic E-state index is 0.536. The third-order valence-electron chi connectivity index (χ3n) is 3.77. The molecule has 2 aromatic carbocycles. The Kier molecular flexibility index (Phi) is 4.91. The van der Waals surface area contributed by atoms with Crippen LogP contribution in [0.15, 0.2) is 60.7 Å². The number of aryl methyl sites for hydroxylation is 1. The molecule has 0 saturated heterocycles. The van der Waals surface area contributed by atoms with Crippen molar-refractivity contribution >= 4 is 23.1 Å². The monoisotopic (exact) mass is 329 g/mol. The molecule has 0 aliphatic rings. The zero-order valence-corrected chi connectivity index (χ0v) is 14.3. The summed E-state index contributed by atoms with van der Waals surface area (Å²) in [6, 6.07) is 21.5. The van der Waals surface area contributed by atoms with Gasteiger partial charge in [0.1, 0.15) is 5.82 Å². The summed E-state index contributed by atoms with van der Waals surface area (Å²) in [6.45, 7) is 4.85. The molecule has 1 aromatic heterocycles. The minimum Gasteiger partial charge on any atom is -0.326 e. The summed E-state index contributed by atoms with van der Waals surface area (Å²) < 4.78 is 0. The number of aromatic nitrogens is 2. The van der Waals surface area contributed by atoms with Gasteiger partial charge in [-0.3, -0.25) is 0 Å². The van der Waals surface area contributed by atoms with Crippen molar-refractivity contribution in [3.8, 4) is 6.07 Å². The van der Waals surface area contributed by atoms with E-state index in [4.69, 9.17) is 5.26 Å². The van der Waals surface area contributed by atoms with Crippen LogP contribution < -0.4 is 10.2 Å². The van der Waals surface area contributed by atoms with Crippen LogP contribution in [0.1, 0.15) is 18.2 Å². The van der Waals surface area contributed by atoms with Gasteiger partial charge in [-0.15, -0.1) is 0 Å². The fraction of sp³-hybridized carbons (Fsp3) is 0.150. The average molecular weight is 329 g/mol. The quantitative estimate of drug-likeness (QED) is 0.743. The maximum Gasteiger partial charge on any atom is 0.229 e. The smallest absolute Gasteiger partial charge is 0.229 e. The fourth-order valence-corrected chi connectivity index (χ4v) is 2.59. The van der Waals surface area contributed by atoms with Crippen molar-refractivity contribution in [1.82, 2.24) is 9.97 Å². The maximum atomic E-state index is 8.89. The van der Waals surface area contributed by atoms with Gasteiger partial charge in [-0.25, -0.2) is 4.98 Å². The first kappa shape index (κ1) is 16.5. The average Bonchev–Trinajstić information content (AvgIpc) is 2.63. The molecule has 25 heavy (non-hydrogen) atoms. The second-order valence-electron chi connectivity index (χ2n) is 5.59. The molecule has 0 unspecified atom stereocenters. The molecule has 5 nitrogen and oxygen atoms in total. The number of para-hydroxylation sites is 1. The highest BCUT2D eigenvalue weighted by Gasteiger charge is 2.11. The predicted molar refractivity (Wildman–Crippen MR) is 100 cm³/mol. The van der Waals surface area contributed by atoms with Gasteiger partial charge in [-0.2, -0.15) is 10.2 Å². The normalized spacial score (nSPS) is 10.1. The molecule has 0 radical (unpaired) electrons.